The fraction of sp³-hybridized carbons (Fsp3) is 0.333. The number of carbonyl (C=O) groups is 2. The maximum absolute atomic E-state index is 10.3. The summed E-state index contributed by atoms with van der Waals surface area (Å²) >= 11 is 0. The van der Waals surface area contributed by atoms with Crippen molar-refractivity contribution in [3.63, 3.8) is 0 Å². The molecule has 0 heterocycles. The molecule has 0 radical (unpaired) electrons. The van der Waals surface area contributed by atoms with E-state index in [2.05, 4.69) is 4.74 Å². The summed E-state index contributed by atoms with van der Waals surface area (Å²) in [5.74, 6) is -2.08. The number of carboxylic acid groups (broad SMARTS) is 1. The van der Waals surface area contributed by atoms with E-state index in [0.29, 0.717) is 6.08 Å². The molecule has 0 saturated carbocycles. The molecular formula is C6H7NaO4. The molecule has 0 atom stereocenters. The Morgan fingerprint density at radius 1 is 1.45 bits per heavy atom. The number of carbonyl (C=O) groups excluding carboxylic acids is 2. The first-order chi connectivity index (χ1) is 4.66. The van der Waals surface area contributed by atoms with Gasteiger partial charge >= 0.3 is 35.5 Å². The third kappa shape index (κ3) is 9.68. The van der Waals surface area contributed by atoms with Gasteiger partial charge in [-0.1, -0.05) is 0 Å². The molecule has 0 aromatic carbocycles. The topological polar surface area (TPSA) is 66.4 Å². The summed E-state index contributed by atoms with van der Waals surface area (Å²) in [6.07, 6.45) is 1.43. The zero-order chi connectivity index (χ0) is 7.98. The number of aliphatic carboxylic acids is 1. The van der Waals surface area contributed by atoms with E-state index in [1.54, 1.807) is 6.92 Å². The molecule has 4 nitrogen and oxygen atoms in total. The van der Waals surface area contributed by atoms with Crippen LogP contribution in [0.15, 0.2) is 12.2 Å². The van der Waals surface area contributed by atoms with Crippen LogP contribution in [0.2, 0.25) is 0 Å². The van der Waals surface area contributed by atoms with Crippen LogP contribution in [0, 0.1) is 0 Å². The Labute approximate surface area is 86.5 Å². The number of ether oxygens (including phenoxy) is 1. The number of hydrogen-bond acceptors (Lipinski definition) is 4. The van der Waals surface area contributed by atoms with Gasteiger partial charge in [0.25, 0.3) is 0 Å². The van der Waals surface area contributed by atoms with Crippen LogP contribution in [0.3, 0.4) is 0 Å². The zero-order valence-corrected chi connectivity index (χ0v) is 8.49. The van der Waals surface area contributed by atoms with Gasteiger partial charge in [0.15, 0.2) is 0 Å². The second kappa shape index (κ2) is 7.78. The van der Waals surface area contributed by atoms with Crippen LogP contribution < -0.4 is 34.7 Å². The molecule has 0 aliphatic heterocycles. The van der Waals surface area contributed by atoms with E-state index in [9.17, 15) is 14.7 Å². The Morgan fingerprint density at radius 3 is 2.36 bits per heavy atom. The molecular weight excluding hydrogens is 159 g/mol. The molecule has 0 rings (SSSR count). The van der Waals surface area contributed by atoms with Crippen molar-refractivity contribution >= 4 is 11.9 Å². The van der Waals surface area contributed by atoms with E-state index in [0.717, 1.165) is 6.08 Å². The predicted octanol–water partition coefficient (Wildman–Crippen LogP) is -4.14. The summed E-state index contributed by atoms with van der Waals surface area (Å²) in [6, 6.07) is 0. The van der Waals surface area contributed by atoms with Gasteiger partial charge in [0, 0.05) is 6.08 Å². The molecule has 0 unspecified atom stereocenters. The fourth-order valence-corrected chi connectivity index (χ4v) is 0.326. The van der Waals surface area contributed by atoms with Crippen molar-refractivity contribution in [2.75, 3.05) is 6.61 Å². The van der Waals surface area contributed by atoms with Gasteiger partial charge in [-0.3, -0.25) is 0 Å². The third-order valence-electron chi connectivity index (χ3n) is 0.642. The van der Waals surface area contributed by atoms with Gasteiger partial charge in [0.1, 0.15) is 0 Å². The predicted molar refractivity (Wildman–Crippen MR) is 30.8 cm³/mol. The summed E-state index contributed by atoms with van der Waals surface area (Å²) in [5.41, 5.74) is 0. The van der Waals surface area contributed by atoms with Crippen molar-refractivity contribution in [2.24, 2.45) is 0 Å². The minimum Gasteiger partial charge on any atom is -0.545 e. The van der Waals surface area contributed by atoms with Crippen LogP contribution in [0.5, 0.6) is 0 Å². The van der Waals surface area contributed by atoms with Gasteiger partial charge in [-0.2, -0.15) is 0 Å². The van der Waals surface area contributed by atoms with Crippen molar-refractivity contribution in [1.29, 1.82) is 0 Å². The van der Waals surface area contributed by atoms with Crippen LogP contribution in [-0.4, -0.2) is 18.5 Å². The molecule has 0 aliphatic carbocycles. The van der Waals surface area contributed by atoms with E-state index in [-0.39, 0.29) is 36.2 Å². The first-order valence-corrected chi connectivity index (χ1v) is 2.72. The first kappa shape index (κ1) is 13.3. The van der Waals surface area contributed by atoms with Crippen LogP contribution in [0.25, 0.3) is 0 Å². The average Bonchev–Trinajstić information content (AvgIpc) is 1.85. The molecule has 0 fully saturated rings. The second-order valence-electron chi connectivity index (χ2n) is 1.40. The zero-order valence-electron chi connectivity index (χ0n) is 6.49. The van der Waals surface area contributed by atoms with E-state index < -0.39 is 11.9 Å². The first-order valence-electron chi connectivity index (χ1n) is 2.72. The summed E-state index contributed by atoms with van der Waals surface area (Å²) in [4.78, 5) is 20.0. The van der Waals surface area contributed by atoms with Crippen LogP contribution in [-0.2, 0) is 14.3 Å². The van der Waals surface area contributed by atoms with Crippen molar-refractivity contribution in [1.82, 2.24) is 0 Å². The molecule has 56 valence electrons. The summed E-state index contributed by atoms with van der Waals surface area (Å²) in [7, 11) is 0. The van der Waals surface area contributed by atoms with Crippen molar-refractivity contribution < 1.29 is 49.0 Å². The molecule has 11 heavy (non-hydrogen) atoms. The monoisotopic (exact) mass is 166 g/mol. The van der Waals surface area contributed by atoms with Gasteiger partial charge in [-0.25, -0.2) is 4.79 Å². The van der Waals surface area contributed by atoms with Crippen molar-refractivity contribution in [3.05, 3.63) is 12.2 Å². The normalized spacial score (nSPS) is 8.82. The average molecular weight is 166 g/mol. The quantitative estimate of drug-likeness (QED) is 0.242. The summed E-state index contributed by atoms with van der Waals surface area (Å²) < 4.78 is 4.38. The molecule has 0 aromatic heterocycles. The summed E-state index contributed by atoms with van der Waals surface area (Å²) in [6.45, 7) is 1.86. The second-order valence-corrected chi connectivity index (χ2v) is 1.40. The minimum absolute atomic E-state index is 0. The smallest absolute Gasteiger partial charge is 0.545 e. The molecule has 5 heteroatoms. The SMILES string of the molecule is CCOC(=O)/C=C\C(=O)[O-].[Na+]. The minimum atomic E-state index is -1.41. The molecule has 0 aromatic rings. The number of esters is 1. The molecule has 0 N–H and O–H groups in total. The number of rotatable bonds is 3. The van der Waals surface area contributed by atoms with Gasteiger partial charge < -0.3 is 14.6 Å². The largest absolute Gasteiger partial charge is 1.00 e. The van der Waals surface area contributed by atoms with Crippen LogP contribution in [0.4, 0.5) is 0 Å². The fourth-order valence-electron chi connectivity index (χ4n) is 0.326. The van der Waals surface area contributed by atoms with Gasteiger partial charge in [-0.05, 0) is 13.0 Å². The molecule has 0 saturated heterocycles. The number of hydrogen-bond donors (Lipinski definition) is 0. The molecule has 0 bridgehead atoms. The molecule has 0 spiro atoms. The van der Waals surface area contributed by atoms with Gasteiger partial charge in [-0.15, -0.1) is 0 Å². The third-order valence-corrected chi connectivity index (χ3v) is 0.642. The Hall–Kier alpha value is -0.320. The van der Waals surface area contributed by atoms with Crippen LogP contribution in [0.1, 0.15) is 6.92 Å². The van der Waals surface area contributed by atoms with Gasteiger partial charge in [0.05, 0.1) is 12.6 Å². The van der Waals surface area contributed by atoms with E-state index >= 15 is 0 Å². The Balaban J connectivity index is 0. The van der Waals surface area contributed by atoms with Crippen LogP contribution >= 0.6 is 0 Å². The number of carboxylic acids is 1. The maximum atomic E-state index is 10.3. The Morgan fingerprint density at radius 2 is 2.00 bits per heavy atom. The maximum Gasteiger partial charge on any atom is 1.00 e. The van der Waals surface area contributed by atoms with Gasteiger partial charge in [0.2, 0.25) is 0 Å². The van der Waals surface area contributed by atoms with Crippen molar-refractivity contribution in [2.45, 2.75) is 6.92 Å². The van der Waals surface area contributed by atoms with E-state index in [1.165, 1.54) is 0 Å². The Bertz CT molecular complexity index is 164. The van der Waals surface area contributed by atoms with Crippen molar-refractivity contribution in [3.8, 4) is 0 Å². The van der Waals surface area contributed by atoms with E-state index in [4.69, 9.17) is 0 Å². The van der Waals surface area contributed by atoms with E-state index in [1.807, 2.05) is 0 Å². The standard InChI is InChI=1S/C6H8O4.Na/c1-2-10-6(9)4-3-5(7)8;/h3-4H,2H2,1H3,(H,7,8);/q;+1/p-1/b4-3-;. The summed E-state index contributed by atoms with van der Waals surface area (Å²) in [5, 5.41) is 9.70. The molecule has 0 amide bonds. The molecule has 0 aliphatic rings. The Kier molecular flexibility index (Phi) is 9.40.